The Balaban J connectivity index is 1.88. The van der Waals surface area contributed by atoms with Crippen molar-refractivity contribution in [2.24, 2.45) is 0 Å². The van der Waals surface area contributed by atoms with Crippen molar-refractivity contribution in [2.45, 2.75) is 24.1 Å². The Bertz CT molecular complexity index is 969. The Labute approximate surface area is 154 Å². The van der Waals surface area contributed by atoms with E-state index in [4.69, 9.17) is 0 Å². The van der Waals surface area contributed by atoms with Gasteiger partial charge in [-0.2, -0.15) is 0 Å². The van der Waals surface area contributed by atoms with Crippen LogP contribution in [0.3, 0.4) is 0 Å². The number of ether oxygens (including phenoxy) is 1. The zero-order chi connectivity index (χ0) is 19.8. The summed E-state index contributed by atoms with van der Waals surface area (Å²) < 4.78 is 64.1. The summed E-state index contributed by atoms with van der Waals surface area (Å²) in [6, 6.07) is 9.45. The second kappa shape index (κ2) is 6.88. The molecule has 3 rings (SSSR count). The second-order valence-electron chi connectivity index (χ2n) is 6.20. The monoisotopic (exact) mass is 399 g/mol. The van der Waals surface area contributed by atoms with Crippen LogP contribution in [-0.4, -0.2) is 33.5 Å². The number of aryl methyl sites for hydroxylation is 1. The lowest BCUT2D eigenvalue weighted by Gasteiger charge is -2.30. The van der Waals surface area contributed by atoms with E-state index in [0.717, 1.165) is 6.26 Å². The molecule has 1 aliphatic rings. The highest BCUT2D eigenvalue weighted by atomic mass is 32.2. The Morgan fingerprint density at radius 1 is 1.11 bits per heavy atom. The van der Waals surface area contributed by atoms with Crippen LogP contribution in [0.15, 0.2) is 47.4 Å². The molecule has 2 aromatic rings. The highest BCUT2D eigenvalue weighted by molar-refractivity contribution is 7.90. The maximum atomic E-state index is 12.8. The van der Waals surface area contributed by atoms with Gasteiger partial charge >= 0.3 is 6.36 Å². The average Bonchev–Trinajstić information content (AvgIpc) is 2.58. The lowest BCUT2D eigenvalue weighted by atomic mass is 10.0. The molecule has 1 heterocycles. The van der Waals surface area contributed by atoms with Crippen molar-refractivity contribution < 1.29 is 31.1 Å². The van der Waals surface area contributed by atoms with Gasteiger partial charge in [-0.05, 0) is 60.9 Å². The van der Waals surface area contributed by atoms with Crippen LogP contribution in [-0.2, 0) is 16.3 Å². The molecule has 0 saturated heterocycles. The molecule has 0 radical (unpaired) electrons. The number of amides is 1. The van der Waals surface area contributed by atoms with Gasteiger partial charge < -0.3 is 9.64 Å². The molecule has 0 fully saturated rings. The minimum absolute atomic E-state index is 0.104. The van der Waals surface area contributed by atoms with Gasteiger partial charge in [0, 0.05) is 24.1 Å². The maximum absolute atomic E-state index is 12.8. The largest absolute Gasteiger partial charge is 0.573 e. The third-order valence-electron chi connectivity index (χ3n) is 4.18. The first-order valence-electron chi connectivity index (χ1n) is 8.05. The zero-order valence-corrected chi connectivity index (χ0v) is 15.1. The lowest BCUT2D eigenvalue weighted by Crippen LogP contribution is -2.35. The lowest BCUT2D eigenvalue weighted by molar-refractivity contribution is -0.274. The first-order chi connectivity index (χ1) is 12.5. The fourth-order valence-corrected chi connectivity index (χ4v) is 3.61. The van der Waals surface area contributed by atoms with Crippen molar-refractivity contribution in [3.8, 4) is 5.75 Å². The van der Waals surface area contributed by atoms with E-state index in [1.165, 1.54) is 47.4 Å². The number of sulfone groups is 1. The van der Waals surface area contributed by atoms with E-state index in [-0.39, 0.29) is 16.6 Å². The number of hydrogen-bond acceptors (Lipinski definition) is 4. The summed E-state index contributed by atoms with van der Waals surface area (Å²) in [6.45, 7) is 0.416. The molecule has 5 nitrogen and oxygen atoms in total. The number of alkyl halides is 3. The number of carbonyl (C=O) groups excluding carboxylic acids is 1. The van der Waals surface area contributed by atoms with Crippen LogP contribution in [0.25, 0.3) is 0 Å². The number of benzene rings is 2. The highest BCUT2D eigenvalue weighted by Gasteiger charge is 2.32. The number of fused-ring (bicyclic) bond motifs is 1. The van der Waals surface area contributed by atoms with Gasteiger partial charge in [-0.3, -0.25) is 4.79 Å². The first-order valence-corrected chi connectivity index (χ1v) is 9.94. The molecule has 0 aliphatic carbocycles. The third-order valence-corrected chi connectivity index (χ3v) is 5.31. The molecule has 0 atom stereocenters. The Kier molecular flexibility index (Phi) is 4.90. The van der Waals surface area contributed by atoms with E-state index >= 15 is 0 Å². The van der Waals surface area contributed by atoms with E-state index in [1.807, 2.05) is 0 Å². The van der Waals surface area contributed by atoms with Gasteiger partial charge in [0.05, 0.1) is 4.90 Å². The topological polar surface area (TPSA) is 63.7 Å². The fourth-order valence-electron chi connectivity index (χ4n) is 2.98. The van der Waals surface area contributed by atoms with Gasteiger partial charge in [-0.1, -0.05) is 0 Å². The van der Waals surface area contributed by atoms with E-state index in [9.17, 15) is 26.4 Å². The van der Waals surface area contributed by atoms with Crippen LogP contribution in [0.2, 0.25) is 0 Å². The molecule has 0 bridgehead atoms. The summed E-state index contributed by atoms with van der Waals surface area (Å²) in [5, 5.41) is 0. The van der Waals surface area contributed by atoms with Crippen LogP contribution in [0, 0.1) is 0 Å². The summed E-state index contributed by atoms with van der Waals surface area (Å²) in [7, 11) is -3.37. The normalized spacial score (nSPS) is 14.6. The molecule has 0 unspecified atom stereocenters. The number of halogens is 3. The summed E-state index contributed by atoms with van der Waals surface area (Å²) in [5.41, 5.74) is 1.41. The molecule has 27 heavy (non-hydrogen) atoms. The third kappa shape index (κ3) is 4.41. The smallest absolute Gasteiger partial charge is 0.406 e. The van der Waals surface area contributed by atoms with Gasteiger partial charge in [-0.15, -0.1) is 13.2 Å². The Morgan fingerprint density at radius 3 is 2.37 bits per heavy atom. The number of carbonyl (C=O) groups is 1. The van der Waals surface area contributed by atoms with Crippen LogP contribution in [0.4, 0.5) is 18.9 Å². The molecular weight excluding hydrogens is 383 g/mol. The number of nitrogens with zero attached hydrogens (tertiary/aromatic N) is 1. The highest BCUT2D eigenvalue weighted by Crippen LogP contribution is 2.33. The van der Waals surface area contributed by atoms with E-state index in [1.54, 1.807) is 0 Å². The molecule has 144 valence electrons. The molecule has 1 aliphatic heterocycles. The van der Waals surface area contributed by atoms with Crippen molar-refractivity contribution >= 4 is 21.4 Å². The molecular formula is C18H16F3NO4S. The minimum atomic E-state index is -4.78. The number of hydrogen-bond donors (Lipinski definition) is 0. The van der Waals surface area contributed by atoms with Crippen LogP contribution in [0.5, 0.6) is 5.75 Å². The predicted octanol–water partition coefficient (Wildman–Crippen LogP) is 3.58. The SMILES string of the molecule is CS(=O)(=O)c1ccc(C(=O)N2CCCc3cc(OC(F)(F)F)ccc32)cc1. The van der Waals surface area contributed by atoms with Crippen molar-refractivity contribution in [1.29, 1.82) is 0 Å². The van der Waals surface area contributed by atoms with Crippen molar-refractivity contribution in [3.05, 3.63) is 53.6 Å². The van der Waals surface area contributed by atoms with Gasteiger partial charge in [0.15, 0.2) is 9.84 Å². The average molecular weight is 399 g/mol. The quantitative estimate of drug-likeness (QED) is 0.792. The number of anilines is 1. The van der Waals surface area contributed by atoms with Crippen LogP contribution < -0.4 is 9.64 Å². The van der Waals surface area contributed by atoms with Crippen molar-refractivity contribution in [1.82, 2.24) is 0 Å². The van der Waals surface area contributed by atoms with Gasteiger partial charge in [0.25, 0.3) is 5.91 Å². The summed E-state index contributed by atoms with van der Waals surface area (Å²) in [4.78, 5) is 14.4. The zero-order valence-electron chi connectivity index (χ0n) is 14.3. The molecule has 9 heteroatoms. The van der Waals surface area contributed by atoms with Crippen molar-refractivity contribution in [3.63, 3.8) is 0 Å². The van der Waals surface area contributed by atoms with E-state index in [2.05, 4.69) is 4.74 Å². The Morgan fingerprint density at radius 2 is 1.78 bits per heavy atom. The first kappa shape index (κ1) is 19.2. The molecule has 1 amide bonds. The van der Waals surface area contributed by atoms with Gasteiger partial charge in [0.1, 0.15) is 5.75 Å². The Hall–Kier alpha value is -2.55. The minimum Gasteiger partial charge on any atom is -0.406 e. The maximum Gasteiger partial charge on any atom is 0.573 e. The molecule has 0 spiro atoms. The standard InChI is InChI=1S/C18H16F3NO4S/c1-27(24,25)15-7-4-12(5-8-15)17(23)22-10-2-3-13-11-14(6-9-16(13)22)26-18(19,20)21/h4-9,11H,2-3,10H2,1H3. The van der Waals surface area contributed by atoms with Gasteiger partial charge in [0.2, 0.25) is 0 Å². The van der Waals surface area contributed by atoms with E-state index < -0.39 is 16.2 Å². The van der Waals surface area contributed by atoms with Crippen LogP contribution >= 0.6 is 0 Å². The fraction of sp³-hybridized carbons (Fsp3) is 0.278. The van der Waals surface area contributed by atoms with Crippen molar-refractivity contribution in [2.75, 3.05) is 17.7 Å². The molecule has 0 saturated carbocycles. The molecule has 2 aromatic carbocycles. The van der Waals surface area contributed by atoms with Gasteiger partial charge in [-0.25, -0.2) is 8.42 Å². The summed E-state index contributed by atoms with van der Waals surface area (Å²) in [6.07, 6.45) is -2.58. The number of rotatable bonds is 3. The summed E-state index contributed by atoms with van der Waals surface area (Å²) >= 11 is 0. The van der Waals surface area contributed by atoms with Crippen LogP contribution in [0.1, 0.15) is 22.3 Å². The molecule has 0 N–H and O–H groups in total. The predicted molar refractivity (Wildman–Crippen MR) is 92.7 cm³/mol. The summed E-state index contributed by atoms with van der Waals surface area (Å²) in [5.74, 6) is -0.673. The molecule has 0 aromatic heterocycles. The second-order valence-corrected chi connectivity index (χ2v) is 8.21. The van der Waals surface area contributed by atoms with E-state index in [0.29, 0.717) is 36.2 Å².